The SMILES string of the molecule is COc1ccc(C2c3sc(=O)n(CC(=O)Nc4cccc(C(F)(F)F)c4)c3SC3C(=O)N(c4ccccc4)C(=O)C32)cc1. The first-order chi connectivity index (χ1) is 20.6. The molecular weight excluding hydrogens is 603 g/mol. The number of methoxy groups -OCH3 is 1. The van der Waals surface area contributed by atoms with Gasteiger partial charge in [0.1, 0.15) is 17.5 Å². The maximum atomic E-state index is 13.9. The molecule has 8 nitrogen and oxygen atoms in total. The molecule has 6 rings (SSSR count). The van der Waals surface area contributed by atoms with Crippen molar-refractivity contribution in [1.29, 1.82) is 0 Å². The Labute approximate surface area is 251 Å². The van der Waals surface area contributed by atoms with Gasteiger partial charge in [-0.2, -0.15) is 13.2 Å². The van der Waals surface area contributed by atoms with Crippen molar-refractivity contribution >= 4 is 52.2 Å². The Bertz CT molecular complexity index is 1790. The monoisotopic (exact) mass is 625 g/mol. The van der Waals surface area contributed by atoms with Crippen molar-refractivity contribution in [3.63, 3.8) is 0 Å². The number of imide groups is 1. The summed E-state index contributed by atoms with van der Waals surface area (Å²) in [4.78, 5) is 55.1. The van der Waals surface area contributed by atoms with Crippen molar-refractivity contribution in [3.05, 3.63) is 105 Å². The number of rotatable bonds is 6. The highest BCUT2D eigenvalue weighted by atomic mass is 32.2. The third-order valence-electron chi connectivity index (χ3n) is 7.31. The molecule has 0 saturated carbocycles. The van der Waals surface area contributed by atoms with E-state index < -0.39 is 58.0 Å². The van der Waals surface area contributed by atoms with Gasteiger partial charge >= 0.3 is 11.0 Å². The van der Waals surface area contributed by atoms with Crippen LogP contribution in [0.5, 0.6) is 5.75 Å². The molecule has 3 amide bonds. The number of hydrogen-bond acceptors (Lipinski definition) is 7. The van der Waals surface area contributed by atoms with Gasteiger partial charge in [0.25, 0.3) is 0 Å². The van der Waals surface area contributed by atoms with E-state index in [9.17, 15) is 32.3 Å². The molecule has 1 saturated heterocycles. The molecule has 1 fully saturated rings. The van der Waals surface area contributed by atoms with E-state index in [1.807, 2.05) is 0 Å². The van der Waals surface area contributed by atoms with Gasteiger partial charge in [0.05, 0.1) is 29.3 Å². The van der Waals surface area contributed by atoms with Gasteiger partial charge in [0, 0.05) is 16.5 Å². The van der Waals surface area contributed by atoms with Crippen molar-refractivity contribution in [3.8, 4) is 5.75 Å². The number of nitrogens with one attached hydrogen (secondary N) is 1. The Morgan fingerprint density at radius 1 is 0.953 bits per heavy atom. The smallest absolute Gasteiger partial charge is 0.416 e. The molecule has 1 N–H and O–H groups in total. The molecule has 2 aliphatic rings. The fourth-order valence-electron chi connectivity index (χ4n) is 5.37. The van der Waals surface area contributed by atoms with Gasteiger partial charge in [-0.05, 0) is 48.0 Å². The fourth-order valence-corrected chi connectivity index (χ4v) is 8.15. The number of halogens is 3. The summed E-state index contributed by atoms with van der Waals surface area (Å²) < 4.78 is 45.9. The predicted octanol–water partition coefficient (Wildman–Crippen LogP) is 5.37. The molecule has 3 heterocycles. The van der Waals surface area contributed by atoms with Crippen LogP contribution in [0.4, 0.5) is 24.5 Å². The van der Waals surface area contributed by atoms with Gasteiger partial charge in [0.2, 0.25) is 17.7 Å². The Kier molecular flexibility index (Phi) is 7.38. The van der Waals surface area contributed by atoms with Crippen molar-refractivity contribution in [2.24, 2.45) is 5.92 Å². The first-order valence-electron chi connectivity index (χ1n) is 13.0. The molecule has 4 aromatic rings. The lowest BCUT2D eigenvalue weighted by molar-refractivity contribution is -0.137. The van der Waals surface area contributed by atoms with E-state index in [-0.39, 0.29) is 5.69 Å². The lowest BCUT2D eigenvalue weighted by atomic mass is 9.83. The van der Waals surface area contributed by atoms with E-state index in [0.29, 0.717) is 26.9 Å². The van der Waals surface area contributed by atoms with Crippen LogP contribution in [0.3, 0.4) is 0 Å². The average Bonchev–Trinajstić information content (AvgIpc) is 3.43. The molecule has 3 atom stereocenters. The number of benzene rings is 3. The van der Waals surface area contributed by atoms with Crippen molar-refractivity contribution in [1.82, 2.24) is 4.57 Å². The molecule has 2 aliphatic heterocycles. The summed E-state index contributed by atoms with van der Waals surface area (Å²) in [5.41, 5.74) is 0.125. The van der Waals surface area contributed by atoms with Gasteiger partial charge in [-0.15, -0.1) is 0 Å². The first kappa shape index (κ1) is 28.7. The third kappa shape index (κ3) is 5.23. The maximum Gasteiger partial charge on any atom is 0.416 e. The number of anilines is 2. The molecule has 1 aromatic heterocycles. The number of amides is 3. The molecule has 0 spiro atoms. The number of carbonyl (C=O) groups is 3. The summed E-state index contributed by atoms with van der Waals surface area (Å²) >= 11 is 1.93. The Hall–Kier alpha value is -4.36. The molecule has 0 radical (unpaired) electrons. The molecular formula is C30H22F3N3O5S2. The number of ether oxygens (including phenoxy) is 1. The van der Waals surface area contributed by atoms with Gasteiger partial charge in [-0.1, -0.05) is 59.5 Å². The predicted molar refractivity (Wildman–Crippen MR) is 156 cm³/mol. The van der Waals surface area contributed by atoms with E-state index in [0.717, 1.165) is 40.1 Å². The highest BCUT2D eigenvalue weighted by Crippen LogP contribution is 2.54. The van der Waals surface area contributed by atoms with Crippen LogP contribution in [-0.2, 0) is 27.1 Å². The van der Waals surface area contributed by atoms with Gasteiger partial charge in [-0.25, -0.2) is 4.90 Å². The summed E-state index contributed by atoms with van der Waals surface area (Å²) in [5, 5.41) is 1.92. The number of aromatic nitrogens is 1. The van der Waals surface area contributed by atoms with Gasteiger partial charge in [0.15, 0.2) is 0 Å². The molecule has 43 heavy (non-hydrogen) atoms. The van der Waals surface area contributed by atoms with Crippen molar-refractivity contribution in [2.75, 3.05) is 17.3 Å². The molecule has 13 heteroatoms. The van der Waals surface area contributed by atoms with Crippen molar-refractivity contribution in [2.45, 2.75) is 28.9 Å². The summed E-state index contributed by atoms with van der Waals surface area (Å²) in [6, 6.07) is 19.8. The summed E-state index contributed by atoms with van der Waals surface area (Å²) in [5.74, 6) is -2.44. The van der Waals surface area contributed by atoms with Crippen LogP contribution in [0.1, 0.15) is 21.9 Å². The van der Waals surface area contributed by atoms with Gasteiger partial charge < -0.3 is 10.1 Å². The van der Waals surface area contributed by atoms with E-state index in [4.69, 9.17) is 4.74 Å². The Morgan fingerprint density at radius 3 is 2.35 bits per heavy atom. The van der Waals surface area contributed by atoms with E-state index in [2.05, 4.69) is 5.32 Å². The first-order valence-corrected chi connectivity index (χ1v) is 14.7. The molecule has 0 aliphatic carbocycles. The number of carbonyl (C=O) groups excluding carboxylic acids is 3. The normalized spacial score (nSPS) is 19.6. The van der Waals surface area contributed by atoms with Crippen LogP contribution in [-0.4, -0.2) is 34.6 Å². The van der Waals surface area contributed by atoms with Crippen LogP contribution in [0, 0.1) is 5.92 Å². The van der Waals surface area contributed by atoms with Crippen molar-refractivity contribution < 1.29 is 32.3 Å². The molecule has 0 bridgehead atoms. The van der Waals surface area contributed by atoms with Gasteiger partial charge in [-0.3, -0.25) is 23.7 Å². The number of fused-ring (bicyclic) bond motifs is 2. The summed E-state index contributed by atoms with van der Waals surface area (Å²) in [6.07, 6.45) is -4.59. The second-order valence-electron chi connectivity index (χ2n) is 9.91. The summed E-state index contributed by atoms with van der Waals surface area (Å²) in [7, 11) is 1.52. The Morgan fingerprint density at radius 2 is 1.67 bits per heavy atom. The number of alkyl halides is 3. The van der Waals surface area contributed by atoms with E-state index >= 15 is 0 Å². The maximum absolute atomic E-state index is 13.9. The second-order valence-corrected chi connectivity index (χ2v) is 12.0. The number of thiazole rings is 1. The van der Waals surface area contributed by atoms with Crippen LogP contribution in [0.2, 0.25) is 0 Å². The number of thioether (sulfide) groups is 1. The van der Waals surface area contributed by atoms with E-state index in [1.165, 1.54) is 23.8 Å². The Balaban J connectivity index is 1.38. The minimum absolute atomic E-state index is 0.0733. The molecule has 3 unspecified atom stereocenters. The van der Waals surface area contributed by atoms with Crippen LogP contribution in [0.25, 0.3) is 0 Å². The number of para-hydroxylation sites is 1. The molecule has 220 valence electrons. The van der Waals surface area contributed by atoms with Crippen LogP contribution in [0.15, 0.2) is 88.7 Å². The molecule has 3 aromatic carbocycles. The minimum Gasteiger partial charge on any atom is -0.497 e. The lowest BCUT2D eigenvalue weighted by Gasteiger charge is -2.30. The second kappa shape index (κ2) is 11.0. The quantitative estimate of drug-likeness (QED) is 0.290. The number of nitrogens with zero attached hydrogens (tertiary/aromatic N) is 2. The van der Waals surface area contributed by atoms with E-state index in [1.54, 1.807) is 54.6 Å². The zero-order valence-corrected chi connectivity index (χ0v) is 24.0. The average molecular weight is 626 g/mol. The zero-order valence-electron chi connectivity index (χ0n) is 22.3. The zero-order chi connectivity index (χ0) is 30.5. The summed E-state index contributed by atoms with van der Waals surface area (Å²) in [6.45, 7) is -0.495. The fraction of sp³-hybridized carbons (Fsp3) is 0.200. The highest BCUT2D eigenvalue weighted by molar-refractivity contribution is 8.00. The largest absolute Gasteiger partial charge is 0.497 e. The van der Waals surface area contributed by atoms with Crippen LogP contribution >= 0.6 is 23.1 Å². The minimum atomic E-state index is -4.59. The highest BCUT2D eigenvalue weighted by Gasteiger charge is 2.56. The number of hydrogen-bond donors (Lipinski definition) is 1. The van der Waals surface area contributed by atoms with Crippen LogP contribution < -0.4 is 19.8 Å². The lowest BCUT2D eigenvalue weighted by Crippen LogP contribution is -2.33. The topological polar surface area (TPSA) is 97.7 Å². The third-order valence-corrected chi connectivity index (χ3v) is 9.92. The standard InChI is InChI=1S/C30H22F3N3O5S2/c1-41-20-12-10-16(11-13-20)22-23-24(27(39)36(26(23)38)19-8-3-2-4-9-19)42-28-25(22)43-29(40)35(28)15-21(37)34-18-7-5-6-17(14-18)30(31,32)33/h2-14,22-24H,15H2,1H3,(H,34,37).